The molecular weight excluding hydrogens is 276 g/mol. The second-order valence-corrected chi connectivity index (χ2v) is 5.21. The predicted molar refractivity (Wildman–Crippen MR) is 87.8 cm³/mol. The Morgan fingerprint density at radius 1 is 1.05 bits per heavy atom. The summed E-state index contributed by atoms with van der Waals surface area (Å²) in [7, 11) is 0. The van der Waals surface area contributed by atoms with E-state index in [1.807, 2.05) is 37.3 Å². The van der Waals surface area contributed by atoms with E-state index in [4.69, 9.17) is 0 Å². The normalized spacial score (nSPS) is 11.7. The van der Waals surface area contributed by atoms with E-state index in [-0.39, 0.29) is 17.7 Å². The van der Waals surface area contributed by atoms with Gasteiger partial charge in [-0.3, -0.25) is 9.59 Å². The highest BCUT2D eigenvalue weighted by molar-refractivity contribution is 5.98. The number of ketones is 1. The third kappa shape index (κ3) is 4.53. The van der Waals surface area contributed by atoms with Crippen LogP contribution in [0, 0.1) is 0 Å². The van der Waals surface area contributed by atoms with Crippen LogP contribution in [0.5, 0.6) is 0 Å². The van der Waals surface area contributed by atoms with Gasteiger partial charge in [0.2, 0.25) is 5.91 Å². The molecule has 0 bridgehead atoms. The average Bonchev–Trinajstić information content (AvgIpc) is 2.53. The molecule has 2 aromatic rings. The molecule has 22 heavy (non-hydrogen) atoms. The van der Waals surface area contributed by atoms with Crippen molar-refractivity contribution in [3.05, 3.63) is 65.7 Å². The van der Waals surface area contributed by atoms with Crippen molar-refractivity contribution in [1.29, 1.82) is 0 Å². The zero-order valence-corrected chi connectivity index (χ0v) is 12.8. The lowest BCUT2D eigenvalue weighted by atomic mass is 10.1. The number of hydrogen-bond donors (Lipinski definition) is 2. The SMILES string of the molecule is CC(=O)c1cccc(NC(=O)[C@H](C)NCc2ccccc2)c1. The van der Waals surface area contributed by atoms with Gasteiger partial charge in [0.25, 0.3) is 0 Å². The lowest BCUT2D eigenvalue weighted by Gasteiger charge is -2.14. The Morgan fingerprint density at radius 2 is 1.77 bits per heavy atom. The van der Waals surface area contributed by atoms with Gasteiger partial charge in [-0.25, -0.2) is 0 Å². The molecule has 1 atom stereocenters. The van der Waals surface area contributed by atoms with Gasteiger partial charge in [0.05, 0.1) is 6.04 Å². The van der Waals surface area contributed by atoms with Crippen molar-refractivity contribution < 1.29 is 9.59 Å². The summed E-state index contributed by atoms with van der Waals surface area (Å²) in [4.78, 5) is 23.5. The summed E-state index contributed by atoms with van der Waals surface area (Å²) < 4.78 is 0. The van der Waals surface area contributed by atoms with Gasteiger partial charge in [0.15, 0.2) is 5.78 Å². The topological polar surface area (TPSA) is 58.2 Å². The highest BCUT2D eigenvalue weighted by Gasteiger charge is 2.12. The van der Waals surface area contributed by atoms with Crippen molar-refractivity contribution in [2.75, 3.05) is 5.32 Å². The maximum absolute atomic E-state index is 12.2. The fraction of sp³-hybridized carbons (Fsp3) is 0.222. The Bertz CT molecular complexity index is 653. The first kappa shape index (κ1) is 15.9. The minimum atomic E-state index is -0.332. The second kappa shape index (κ2) is 7.52. The molecule has 2 aromatic carbocycles. The number of hydrogen-bond acceptors (Lipinski definition) is 3. The molecule has 4 heteroatoms. The van der Waals surface area contributed by atoms with Crippen LogP contribution in [-0.2, 0) is 11.3 Å². The summed E-state index contributed by atoms with van der Waals surface area (Å²) in [6, 6.07) is 16.5. The Morgan fingerprint density at radius 3 is 2.45 bits per heavy atom. The molecule has 2 N–H and O–H groups in total. The molecule has 0 aliphatic heterocycles. The summed E-state index contributed by atoms with van der Waals surface area (Å²) in [5.41, 5.74) is 2.34. The molecule has 0 aliphatic carbocycles. The average molecular weight is 296 g/mol. The van der Waals surface area contributed by atoms with E-state index < -0.39 is 0 Å². The summed E-state index contributed by atoms with van der Waals surface area (Å²) in [6.07, 6.45) is 0. The Kier molecular flexibility index (Phi) is 5.44. The largest absolute Gasteiger partial charge is 0.325 e. The standard InChI is InChI=1S/C18H20N2O2/c1-13(19-12-15-7-4-3-5-8-15)18(22)20-17-10-6-9-16(11-17)14(2)21/h3-11,13,19H,12H2,1-2H3,(H,20,22)/t13-/m0/s1. The van der Waals surface area contributed by atoms with Crippen LogP contribution in [0.4, 0.5) is 5.69 Å². The van der Waals surface area contributed by atoms with Crippen molar-refractivity contribution in [1.82, 2.24) is 5.32 Å². The van der Waals surface area contributed by atoms with Crippen molar-refractivity contribution in [2.45, 2.75) is 26.4 Å². The number of Topliss-reactive ketones (excluding diaryl/α,β-unsaturated/α-hetero) is 1. The molecule has 0 unspecified atom stereocenters. The zero-order chi connectivity index (χ0) is 15.9. The number of benzene rings is 2. The molecule has 0 heterocycles. The van der Waals surface area contributed by atoms with Crippen LogP contribution in [0.15, 0.2) is 54.6 Å². The van der Waals surface area contributed by atoms with Crippen molar-refractivity contribution in [3.63, 3.8) is 0 Å². The number of carbonyl (C=O) groups is 2. The van der Waals surface area contributed by atoms with E-state index >= 15 is 0 Å². The van der Waals surface area contributed by atoms with Crippen LogP contribution in [0.2, 0.25) is 0 Å². The monoisotopic (exact) mass is 296 g/mol. The Hall–Kier alpha value is -2.46. The van der Waals surface area contributed by atoms with Gasteiger partial charge in [-0.15, -0.1) is 0 Å². The van der Waals surface area contributed by atoms with E-state index in [1.165, 1.54) is 6.92 Å². The fourth-order valence-electron chi connectivity index (χ4n) is 2.03. The predicted octanol–water partition coefficient (Wildman–Crippen LogP) is 3.01. The lowest BCUT2D eigenvalue weighted by molar-refractivity contribution is -0.117. The maximum Gasteiger partial charge on any atom is 0.241 e. The Labute approximate surface area is 130 Å². The van der Waals surface area contributed by atoms with Crippen molar-refractivity contribution in [3.8, 4) is 0 Å². The molecule has 0 fully saturated rings. The highest BCUT2D eigenvalue weighted by atomic mass is 16.2. The van der Waals surface area contributed by atoms with Crippen LogP contribution in [-0.4, -0.2) is 17.7 Å². The number of amides is 1. The summed E-state index contributed by atoms with van der Waals surface area (Å²) >= 11 is 0. The first-order chi connectivity index (χ1) is 10.6. The molecule has 2 rings (SSSR count). The second-order valence-electron chi connectivity index (χ2n) is 5.21. The maximum atomic E-state index is 12.2. The van der Waals surface area contributed by atoms with Crippen molar-refractivity contribution >= 4 is 17.4 Å². The van der Waals surface area contributed by atoms with Crippen LogP contribution in [0.3, 0.4) is 0 Å². The number of anilines is 1. The van der Waals surface area contributed by atoms with E-state index in [0.29, 0.717) is 17.8 Å². The van der Waals surface area contributed by atoms with E-state index in [1.54, 1.807) is 24.3 Å². The molecule has 0 saturated heterocycles. The van der Waals surface area contributed by atoms with E-state index in [0.717, 1.165) is 5.56 Å². The minimum Gasteiger partial charge on any atom is -0.325 e. The van der Waals surface area contributed by atoms with Gasteiger partial charge in [0, 0.05) is 17.8 Å². The first-order valence-electron chi connectivity index (χ1n) is 7.25. The van der Waals surface area contributed by atoms with E-state index in [2.05, 4.69) is 10.6 Å². The lowest BCUT2D eigenvalue weighted by Crippen LogP contribution is -2.37. The third-order valence-corrected chi connectivity index (χ3v) is 3.39. The molecule has 0 spiro atoms. The molecule has 0 aromatic heterocycles. The molecule has 0 radical (unpaired) electrons. The quantitative estimate of drug-likeness (QED) is 0.806. The summed E-state index contributed by atoms with van der Waals surface area (Å²) in [5.74, 6) is -0.150. The van der Waals surface area contributed by atoms with Crippen molar-refractivity contribution in [2.24, 2.45) is 0 Å². The summed E-state index contributed by atoms with van der Waals surface area (Å²) in [6.45, 7) is 3.95. The Balaban J connectivity index is 1.91. The molecular formula is C18H20N2O2. The molecule has 114 valence electrons. The van der Waals surface area contributed by atoms with Gasteiger partial charge in [-0.2, -0.15) is 0 Å². The highest BCUT2D eigenvalue weighted by Crippen LogP contribution is 2.11. The van der Waals surface area contributed by atoms with Gasteiger partial charge < -0.3 is 10.6 Å². The van der Waals surface area contributed by atoms with Gasteiger partial charge in [0.1, 0.15) is 0 Å². The van der Waals surface area contributed by atoms with Crippen LogP contribution in [0.25, 0.3) is 0 Å². The zero-order valence-electron chi connectivity index (χ0n) is 12.8. The molecule has 4 nitrogen and oxygen atoms in total. The smallest absolute Gasteiger partial charge is 0.241 e. The molecule has 1 amide bonds. The van der Waals surface area contributed by atoms with E-state index in [9.17, 15) is 9.59 Å². The molecule has 0 aliphatic rings. The van der Waals surface area contributed by atoms with Crippen LogP contribution < -0.4 is 10.6 Å². The number of rotatable bonds is 6. The third-order valence-electron chi connectivity index (χ3n) is 3.39. The van der Waals surface area contributed by atoms with Crippen LogP contribution >= 0.6 is 0 Å². The van der Waals surface area contributed by atoms with Gasteiger partial charge in [-0.1, -0.05) is 42.5 Å². The fourth-order valence-corrected chi connectivity index (χ4v) is 2.03. The first-order valence-corrected chi connectivity index (χ1v) is 7.25. The van der Waals surface area contributed by atoms with Crippen LogP contribution in [0.1, 0.15) is 29.8 Å². The summed E-state index contributed by atoms with van der Waals surface area (Å²) in [5, 5.41) is 6.00. The number of carbonyl (C=O) groups excluding carboxylic acids is 2. The minimum absolute atomic E-state index is 0.0219. The number of nitrogens with one attached hydrogen (secondary N) is 2. The van der Waals surface area contributed by atoms with Gasteiger partial charge >= 0.3 is 0 Å². The van der Waals surface area contributed by atoms with Gasteiger partial charge in [-0.05, 0) is 31.5 Å². The molecule has 0 saturated carbocycles.